The molecule has 0 saturated carbocycles. The van der Waals surface area contributed by atoms with Crippen molar-refractivity contribution >= 4 is 28.5 Å². The quantitative estimate of drug-likeness (QED) is 0.604. The Balaban J connectivity index is 1.79. The van der Waals surface area contributed by atoms with Crippen LogP contribution in [-0.4, -0.2) is 26.0 Å². The highest BCUT2D eigenvalue weighted by Gasteiger charge is 2.15. The SMILES string of the molecule is CCn1c(COc2cccc3ccccc23)nnc1S[C@@H](C)C(=O)[O-]. The smallest absolute Gasteiger partial charge is 0.191 e. The van der Waals surface area contributed by atoms with Crippen LogP contribution in [0.2, 0.25) is 0 Å². The van der Waals surface area contributed by atoms with E-state index in [4.69, 9.17) is 4.74 Å². The molecule has 6 nitrogen and oxygen atoms in total. The van der Waals surface area contributed by atoms with Crippen molar-refractivity contribution in [1.82, 2.24) is 14.8 Å². The second-order valence-corrected chi connectivity index (χ2v) is 6.80. The van der Waals surface area contributed by atoms with Crippen LogP contribution in [0.15, 0.2) is 47.6 Å². The summed E-state index contributed by atoms with van der Waals surface area (Å²) in [6.07, 6.45) is 0. The van der Waals surface area contributed by atoms with Crippen LogP contribution in [0.5, 0.6) is 5.75 Å². The summed E-state index contributed by atoms with van der Waals surface area (Å²) in [5.74, 6) is 0.314. The number of hydrogen-bond acceptors (Lipinski definition) is 6. The Morgan fingerprint density at radius 3 is 2.76 bits per heavy atom. The second-order valence-electron chi connectivity index (χ2n) is 5.49. The zero-order valence-corrected chi connectivity index (χ0v) is 14.8. The van der Waals surface area contributed by atoms with Gasteiger partial charge in [0.25, 0.3) is 0 Å². The first-order chi connectivity index (χ1) is 12.1. The van der Waals surface area contributed by atoms with Gasteiger partial charge in [-0.05, 0) is 25.3 Å². The molecule has 3 rings (SSSR count). The van der Waals surface area contributed by atoms with Gasteiger partial charge >= 0.3 is 0 Å². The first-order valence-electron chi connectivity index (χ1n) is 8.00. The van der Waals surface area contributed by atoms with E-state index < -0.39 is 11.2 Å². The monoisotopic (exact) mass is 356 g/mol. The Bertz CT molecular complexity index is 889. The van der Waals surface area contributed by atoms with Crippen LogP contribution >= 0.6 is 11.8 Å². The van der Waals surface area contributed by atoms with Gasteiger partial charge in [-0.2, -0.15) is 0 Å². The number of thioether (sulfide) groups is 1. The van der Waals surface area contributed by atoms with E-state index in [1.165, 1.54) is 0 Å². The molecule has 7 heteroatoms. The Hall–Kier alpha value is -2.54. The number of nitrogens with zero attached hydrogens (tertiary/aromatic N) is 3. The van der Waals surface area contributed by atoms with Crippen molar-refractivity contribution in [3.05, 3.63) is 48.3 Å². The minimum Gasteiger partial charge on any atom is -0.549 e. The Labute approximate surface area is 149 Å². The lowest BCUT2D eigenvalue weighted by Crippen LogP contribution is -2.31. The number of carboxylic acid groups (broad SMARTS) is 1. The topological polar surface area (TPSA) is 80.1 Å². The van der Waals surface area contributed by atoms with Gasteiger partial charge in [-0.3, -0.25) is 0 Å². The van der Waals surface area contributed by atoms with E-state index in [1.807, 2.05) is 54.0 Å². The minimum absolute atomic E-state index is 0.259. The molecule has 0 bridgehead atoms. The zero-order valence-electron chi connectivity index (χ0n) is 14.0. The first kappa shape index (κ1) is 17.3. The molecule has 0 saturated heterocycles. The van der Waals surface area contributed by atoms with Crippen LogP contribution < -0.4 is 9.84 Å². The van der Waals surface area contributed by atoms with Crippen LogP contribution in [0.3, 0.4) is 0 Å². The molecule has 1 atom stereocenters. The number of fused-ring (bicyclic) bond motifs is 1. The Kier molecular flexibility index (Phi) is 5.23. The van der Waals surface area contributed by atoms with Gasteiger partial charge < -0.3 is 19.2 Å². The molecule has 1 heterocycles. The van der Waals surface area contributed by atoms with E-state index in [1.54, 1.807) is 6.92 Å². The fourth-order valence-electron chi connectivity index (χ4n) is 2.50. The fourth-order valence-corrected chi connectivity index (χ4v) is 3.36. The summed E-state index contributed by atoms with van der Waals surface area (Å²) in [5, 5.41) is 21.2. The largest absolute Gasteiger partial charge is 0.549 e. The van der Waals surface area contributed by atoms with Crippen molar-refractivity contribution in [3.8, 4) is 5.75 Å². The Morgan fingerprint density at radius 1 is 1.24 bits per heavy atom. The normalized spacial score (nSPS) is 12.2. The number of ether oxygens (including phenoxy) is 1. The second kappa shape index (κ2) is 7.57. The van der Waals surface area contributed by atoms with Gasteiger partial charge in [0.15, 0.2) is 11.0 Å². The van der Waals surface area contributed by atoms with Crippen molar-refractivity contribution in [3.63, 3.8) is 0 Å². The van der Waals surface area contributed by atoms with E-state index in [-0.39, 0.29) is 6.61 Å². The third-order valence-corrected chi connectivity index (χ3v) is 4.89. The molecule has 0 aliphatic heterocycles. The van der Waals surface area contributed by atoms with Crippen LogP contribution in [0.1, 0.15) is 19.7 Å². The van der Waals surface area contributed by atoms with Crippen molar-refractivity contribution in [2.24, 2.45) is 0 Å². The van der Waals surface area contributed by atoms with Crippen molar-refractivity contribution in [2.45, 2.75) is 37.4 Å². The van der Waals surface area contributed by atoms with Crippen LogP contribution in [0.4, 0.5) is 0 Å². The molecule has 0 aliphatic rings. The predicted molar refractivity (Wildman–Crippen MR) is 94.3 cm³/mol. The van der Waals surface area contributed by atoms with Crippen molar-refractivity contribution in [1.29, 1.82) is 0 Å². The molecule has 1 aromatic heterocycles. The summed E-state index contributed by atoms with van der Waals surface area (Å²) in [6, 6.07) is 13.9. The molecule has 0 aliphatic carbocycles. The van der Waals surface area contributed by atoms with Crippen molar-refractivity contribution < 1.29 is 14.6 Å². The molecule has 130 valence electrons. The molecule has 0 amide bonds. The van der Waals surface area contributed by atoms with Gasteiger partial charge in [-0.25, -0.2) is 0 Å². The number of carbonyl (C=O) groups is 1. The number of carbonyl (C=O) groups excluding carboxylic acids is 1. The van der Waals surface area contributed by atoms with Crippen LogP contribution in [0, 0.1) is 0 Å². The maximum absolute atomic E-state index is 10.9. The standard InChI is InChI=1S/C18H19N3O3S/c1-3-21-16(19-20-18(21)25-12(2)17(22)23)11-24-15-10-6-8-13-7-4-5-9-14(13)15/h4-10,12H,3,11H2,1-2H3,(H,22,23)/p-1/t12-/m0/s1. The van der Waals surface area contributed by atoms with E-state index in [0.717, 1.165) is 28.3 Å². The Morgan fingerprint density at radius 2 is 2.00 bits per heavy atom. The average Bonchev–Trinajstić information content (AvgIpc) is 3.01. The summed E-state index contributed by atoms with van der Waals surface area (Å²) in [7, 11) is 0. The molecule has 0 fully saturated rings. The van der Waals surface area contributed by atoms with Gasteiger partial charge in [0, 0.05) is 17.2 Å². The average molecular weight is 356 g/mol. The third-order valence-electron chi connectivity index (χ3n) is 3.83. The molecule has 25 heavy (non-hydrogen) atoms. The van der Waals surface area contributed by atoms with E-state index in [2.05, 4.69) is 10.2 Å². The summed E-state index contributed by atoms with van der Waals surface area (Å²) in [5.41, 5.74) is 0. The number of hydrogen-bond donors (Lipinski definition) is 0. The van der Waals surface area contributed by atoms with E-state index in [0.29, 0.717) is 17.5 Å². The van der Waals surface area contributed by atoms with Gasteiger partial charge in [-0.15, -0.1) is 10.2 Å². The number of aliphatic carboxylic acids is 1. The fraction of sp³-hybridized carbons (Fsp3) is 0.278. The molecule has 0 spiro atoms. The summed E-state index contributed by atoms with van der Waals surface area (Å²) >= 11 is 1.12. The van der Waals surface area contributed by atoms with Crippen LogP contribution in [0.25, 0.3) is 10.8 Å². The summed E-state index contributed by atoms with van der Waals surface area (Å²) in [4.78, 5) is 10.9. The van der Waals surface area contributed by atoms with Gasteiger partial charge in [-0.1, -0.05) is 48.2 Å². The van der Waals surface area contributed by atoms with E-state index >= 15 is 0 Å². The first-order valence-corrected chi connectivity index (χ1v) is 8.88. The van der Waals surface area contributed by atoms with Gasteiger partial charge in [0.05, 0.1) is 5.97 Å². The lowest BCUT2D eigenvalue weighted by atomic mass is 10.1. The van der Waals surface area contributed by atoms with Crippen molar-refractivity contribution in [2.75, 3.05) is 0 Å². The van der Waals surface area contributed by atoms with Gasteiger partial charge in [0.2, 0.25) is 0 Å². The maximum atomic E-state index is 10.9. The van der Waals surface area contributed by atoms with Gasteiger partial charge in [0.1, 0.15) is 12.4 Å². The highest BCUT2D eigenvalue weighted by Crippen LogP contribution is 2.27. The molecular weight excluding hydrogens is 338 g/mol. The molecule has 2 aromatic carbocycles. The summed E-state index contributed by atoms with van der Waals surface area (Å²) < 4.78 is 7.81. The molecular formula is C18H18N3O3S-. The highest BCUT2D eigenvalue weighted by atomic mass is 32.2. The molecule has 3 aromatic rings. The molecule has 0 radical (unpaired) electrons. The number of benzene rings is 2. The predicted octanol–water partition coefficient (Wildman–Crippen LogP) is 2.26. The number of aromatic nitrogens is 3. The maximum Gasteiger partial charge on any atom is 0.191 e. The van der Waals surface area contributed by atoms with Crippen LogP contribution in [-0.2, 0) is 17.9 Å². The number of rotatable bonds is 7. The lowest BCUT2D eigenvalue weighted by Gasteiger charge is -2.13. The third kappa shape index (κ3) is 3.76. The zero-order chi connectivity index (χ0) is 17.8. The van der Waals surface area contributed by atoms with E-state index in [9.17, 15) is 9.90 Å². The summed E-state index contributed by atoms with van der Waals surface area (Å²) in [6.45, 7) is 4.41. The molecule has 0 unspecified atom stereocenters. The molecule has 0 N–H and O–H groups in total. The number of carboxylic acids is 1. The minimum atomic E-state index is -1.12. The highest BCUT2D eigenvalue weighted by molar-refractivity contribution is 8.00. The lowest BCUT2D eigenvalue weighted by molar-refractivity contribution is -0.304.